The lowest BCUT2D eigenvalue weighted by Crippen LogP contribution is -2.50. The molecule has 3 nitrogen and oxygen atoms in total. The summed E-state index contributed by atoms with van der Waals surface area (Å²) in [5.74, 6) is 0. The Morgan fingerprint density at radius 3 is 2.95 bits per heavy atom. The molecule has 1 aromatic rings. The van der Waals surface area contributed by atoms with E-state index in [2.05, 4.69) is 24.1 Å². The molecule has 0 radical (unpaired) electrons. The van der Waals surface area contributed by atoms with Crippen LogP contribution in [0.3, 0.4) is 0 Å². The van der Waals surface area contributed by atoms with Crippen LogP contribution in [-0.2, 0) is 11.3 Å². The highest BCUT2D eigenvalue weighted by atomic mass is 35.5. The highest BCUT2D eigenvalue weighted by Gasteiger charge is 2.23. The largest absolute Gasteiger partial charge is 0.378 e. The van der Waals surface area contributed by atoms with Crippen molar-refractivity contribution in [3.8, 4) is 0 Å². The third-order valence-electron chi connectivity index (χ3n) is 3.49. The summed E-state index contributed by atoms with van der Waals surface area (Å²) in [7, 11) is 0. The second kappa shape index (κ2) is 7.62. The summed E-state index contributed by atoms with van der Waals surface area (Å²) in [6.45, 7) is 8.51. The van der Waals surface area contributed by atoms with Crippen molar-refractivity contribution < 1.29 is 4.74 Å². The first-order chi connectivity index (χ1) is 9.56. The quantitative estimate of drug-likeness (QED) is 0.903. The molecule has 0 saturated carbocycles. The van der Waals surface area contributed by atoms with Gasteiger partial charge in [-0.15, -0.1) is 0 Å². The summed E-state index contributed by atoms with van der Waals surface area (Å²) in [4.78, 5) is 2.41. The van der Waals surface area contributed by atoms with Crippen molar-refractivity contribution in [3.05, 3.63) is 33.8 Å². The van der Waals surface area contributed by atoms with E-state index in [0.717, 1.165) is 48.5 Å². The molecular formula is C15H22Cl2N2O. The number of ether oxygens (including phenoxy) is 1. The van der Waals surface area contributed by atoms with Gasteiger partial charge in [0.15, 0.2) is 0 Å². The highest BCUT2D eigenvalue weighted by molar-refractivity contribution is 6.33. The lowest BCUT2D eigenvalue weighted by molar-refractivity contribution is -0.0114. The zero-order chi connectivity index (χ0) is 14.5. The Bertz CT molecular complexity index is 440. The zero-order valence-corrected chi connectivity index (χ0v) is 13.5. The Kier molecular flexibility index (Phi) is 6.12. The summed E-state index contributed by atoms with van der Waals surface area (Å²) in [6, 6.07) is 6.49. The van der Waals surface area contributed by atoms with Gasteiger partial charge < -0.3 is 10.1 Å². The molecule has 112 valence electrons. The molecule has 20 heavy (non-hydrogen) atoms. The number of hydrogen-bond acceptors (Lipinski definition) is 3. The average Bonchev–Trinajstić information content (AvgIpc) is 2.42. The van der Waals surface area contributed by atoms with Gasteiger partial charge in [-0.3, -0.25) is 4.90 Å². The van der Waals surface area contributed by atoms with Gasteiger partial charge in [0.25, 0.3) is 0 Å². The van der Waals surface area contributed by atoms with Crippen molar-refractivity contribution in [1.29, 1.82) is 0 Å². The Morgan fingerprint density at radius 2 is 2.20 bits per heavy atom. The van der Waals surface area contributed by atoms with Crippen molar-refractivity contribution in [2.75, 3.05) is 26.3 Å². The topological polar surface area (TPSA) is 24.5 Å². The van der Waals surface area contributed by atoms with E-state index in [0.29, 0.717) is 12.1 Å². The second-order valence-electron chi connectivity index (χ2n) is 5.50. The minimum Gasteiger partial charge on any atom is -0.378 e. The van der Waals surface area contributed by atoms with Gasteiger partial charge in [0.1, 0.15) is 0 Å². The van der Waals surface area contributed by atoms with Gasteiger partial charge in [-0.2, -0.15) is 0 Å². The molecule has 1 N–H and O–H groups in total. The predicted molar refractivity (Wildman–Crippen MR) is 84.6 cm³/mol. The molecule has 0 spiro atoms. The normalized spacial score (nSPS) is 20.6. The van der Waals surface area contributed by atoms with Crippen LogP contribution in [0.4, 0.5) is 0 Å². The Labute approximate surface area is 131 Å². The van der Waals surface area contributed by atoms with Crippen LogP contribution < -0.4 is 5.32 Å². The third kappa shape index (κ3) is 4.61. The van der Waals surface area contributed by atoms with Crippen LogP contribution in [0.5, 0.6) is 0 Å². The Balaban J connectivity index is 2.02. The van der Waals surface area contributed by atoms with E-state index in [1.54, 1.807) is 0 Å². The second-order valence-corrected chi connectivity index (χ2v) is 6.34. The summed E-state index contributed by atoms with van der Waals surface area (Å²) < 4.78 is 5.60. The lowest BCUT2D eigenvalue weighted by atomic mass is 10.1. The fourth-order valence-corrected chi connectivity index (χ4v) is 2.71. The number of morpholine rings is 1. The molecule has 1 fully saturated rings. The maximum Gasteiger partial charge on any atom is 0.0635 e. The lowest BCUT2D eigenvalue weighted by Gasteiger charge is -2.36. The van der Waals surface area contributed by atoms with Gasteiger partial charge in [0.2, 0.25) is 0 Å². The van der Waals surface area contributed by atoms with E-state index in [9.17, 15) is 0 Å². The summed E-state index contributed by atoms with van der Waals surface area (Å²) >= 11 is 12.3. The maximum absolute atomic E-state index is 6.26. The minimum atomic E-state index is 0.376. The molecule has 1 aliphatic rings. The number of nitrogens with zero attached hydrogens (tertiary/aromatic N) is 1. The smallest absolute Gasteiger partial charge is 0.0635 e. The van der Waals surface area contributed by atoms with Crippen LogP contribution in [0.15, 0.2) is 18.2 Å². The first kappa shape index (κ1) is 16.1. The van der Waals surface area contributed by atoms with E-state index in [1.807, 2.05) is 18.2 Å². The molecule has 1 atom stereocenters. The van der Waals surface area contributed by atoms with E-state index >= 15 is 0 Å². The first-order valence-corrected chi connectivity index (χ1v) is 7.81. The Hall–Kier alpha value is -0.320. The van der Waals surface area contributed by atoms with Gasteiger partial charge in [-0.1, -0.05) is 37.0 Å². The van der Waals surface area contributed by atoms with Crippen LogP contribution >= 0.6 is 23.2 Å². The van der Waals surface area contributed by atoms with E-state index < -0.39 is 0 Å². The van der Waals surface area contributed by atoms with Gasteiger partial charge in [-0.25, -0.2) is 0 Å². The first-order valence-electron chi connectivity index (χ1n) is 7.05. The summed E-state index contributed by atoms with van der Waals surface area (Å²) in [6.07, 6.45) is 0. The van der Waals surface area contributed by atoms with Crippen LogP contribution in [0.25, 0.3) is 0 Å². The molecule has 0 aliphatic carbocycles. The van der Waals surface area contributed by atoms with Crippen molar-refractivity contribution in [2.24, 2.45) is 0 Å². The van der Waals surface area contributed by atoms with Crippen LogP contribution in [0, 0.1) is 0 Å². The van der Waals surface area contributed by atoms with Crippen molar-refractivity contribution in [3.63, 3.8) is 0 Å². The van der Waals surface area contributed by atoms with Crippen LogP contribution in [0.2, 0.25) is 10.0 Å². The minimum absolute atomic E-state index is 0.376. The molecule has 1 aromatic carbocycles. The molecule has 0 bridgehead atoms. The fraction of sp³-hybridized carbons (Fsp3) is 0.600. The van der Waals surface area contributed by atoms with Crippen LogP contribution in [-0.4, -0.2) is 43.3 Å². The highest BCUT2D eigenvalue weighted by Crippen LogP contribution is 2.23. The number of halogens is 2. The molecule has 0 aromatic heterocycles. The average molecular weight is 317 g/mol. The summed E-state index contributed by atoms with van der Waals surface area (Å²) in [5.41, 5.74) is 1.08. The Morgan fingerprint density at radius 1 is 1.40 bits per heavy atom. The number of rotatable bonds is 5. The monoisotopic (exact) mass is 316 g/mol. The predicted octanol–water partition coefficient (Wildman–Crippen LogP) is 3.19. The van der Waals surface area contributed by atoms with Gasteiger partial charge >= 0.3 is 0 Å². The third-order valence-corrected chi connectivity index (χ3v) is 4.10. The van der Waals surface area contributed by atoms with Crippen LogP contribution in [0.1, 0.15) is 19.4 Å². The fourth-order valence-electron chi connectivity index (χ4n) is 2.34. The van der Waals surface area contributed by atoms with Gasteiger partial charge in [0.05, 0.1) is 13.2 Å². The van der Waals surface area contributed by atoms with Crippen molar-refractivity contribution in [1.82, 2.24) is 10.2 Å². The molecule has 1 saturated heterocycles. The molecule has 1 heterocycles. The number of nitrogens with one attached hydrogen (secondary N) is 1. The molecule has 2 rings (SSSR count). The van der Waals surface area contributed by atoms with Gasteiger partial charge in [0, 0.05) is 41.8 Å². The van der Waals surface area contributed by atoms with Crippen molar-refractivity contribution >= 4 is 23.2 Å². The molecule has 1 aliphatic heterocycles. The number of benzene rings is 1. The standard InChI is InChI=1S/C15H22Cl2N2O/c1-11(2)18-8-14-10-20-6-5-19(14)9-12-7-13(16)3-4-15(12)17/h3-4,7,11,14,18H,5-6,8-10H2,1-2H3. The maximum atomic E-state index is 6.26. The van der Waals surface area contributed by atoms with Gasteiger partial charge in [-0.05, 0) is 23.8 Å². The summed E-state index contributed by atoms with van der Waals surface area (Å²) in [5, 5.41) is 4.98. The zero-order valence-electron chi connectivity index (χ0n) is 12.0. The molecule has 0 amide bonds. The SMILES string of the molecule is CC(C)NCC1COCCN1Cc1cc(Cl)ccc1Cl. The van der Waals surface area contributed by atoms with E-state index in [1.165, 1.54) is 0 Å². The number of hydrogen-bond donors (Lipinski definition) is 1. The van der Waals surface area contributed by atoms with Crippen molar-refractivity contribution in [2.45, 2.75) is 32.5 Å². The molecule has 1 unspecified atom stereocenters. The molecule has 5 heteroatoms. The van der Waals surface area contributed by atoms with E-state index in [-0.39, 0.29) is 0 Å². The van der Waals surface area contributed by atoms with E-state index in [4.69, 9.17) is 27.9 Å². The molecular weight excluding hydrogens is 295 g/mol.